The summed E-state index contributed by atoms with van der Waals surface area (Å²) in [5, 5.41) is 7.98. The van der Waals surface area contributed by atoms with E-state index in [1.54, 1.807) is 11.3 Å². The summed E-state index contributed by atoms with van der Waals surface area (Å²) in [6.45, 7) is 1.87. The van der Waals surface area contributed by atoms with Gasteiger partial charge in [-0.15, -0.1) is 0 Å². The van der Waals surface area contributed by atoms with Crippen LogP contribution in [0, 0.1) is 11.8 Å². The Morgan fingerprint density at radius 2 is 2.17 bits per heavy atom. The predicted molar refractivity (Wildman–Crippen MR) is 92.6 cm³/mol. The average Bonchev–Trinajstić information content (AvgIpc) is 3.30. The van der Waals surface area contributed by atoms with E-state index in [-0.39, 0.29) is 5.91 Å². The molecule has 0 spiro atoms. The molecule has 0 radical (unpaired) electrons. The van der Waals surface area contributed by atoms with E-state index < -0.39 is 0 Å². The lowest BCUT2D eigenvalue weighted by Crippen LogP contribution is -2.44. The van der Waals surface area contributed by atoms with Crippen molar-refractivity contribution >= 4 is 17.2 Å². The minimum Gasteiger partial charge on any atom is -0.342 e. The van der Waals surface area contributed by atoms with Crippen molar-refractivity contribution in [3.8, 4) is 11.4 Å². The van der Waals surface area contributed by atoms with Gasteiger partial charge in [-0.2, -0.15) is 16.3 Å². The van der Waals surface area contributed by atoms with Gasteiger partial charge in [0, 0.05) is 36.9 Å². The van der Waals surface area contributed by atoms with E-state index in [9.17, 15) is 4.79 Å². The maximum Gasteiger partial charge on any atom is 0.227 e. The summed E-state index contributed by atoms with van der Waals surface area (Å²) in [6.07, 6.45) is 7.53. The van der Waals surface area contributed by atoms with Crippen molar-refractivity contribution in [1.29, 1.82) is 0 Å². The number of hydrogen-bond donors (Lipinski definition) is 0. The Morgan fingerprint density at radius 1 is 1.29 bits per heavy atom. The normalized spacial score (nSPS) is 23.9. The Hall–Kier alpha value is -1.69. The Morgan fingerprint density at radius 3 is 3.00 bits per heavy atom. The van der Waals surface area contributed by atoms with Gasteiger partial charge in [-0.3, -0.25) is 4.79 Å². The lowest BCUT2D eigenvalue weighted by atomic mass is 9.75. The van der Waals surface area contributed by atoms with Gasteiger partial charge in [-0.1, -0.05) is 24.4 Å². The quantitative estimate of drug-likeness (QED) is 0.846. The first-order valence-corrected chi connectivity index (χ1v) is 9.87. The summed E-state index contributed by atoms with van der Waals surface area (Å²) in [5.74, 6) is 2.98. The summed E-state index contributed by atoms with van der Waals surface area (Å²) < 4.78 is 5.28. The molecule has 2 aromatic rings. The van der Waals surface area contributed by atoms with E-state index in [0.717, 1.165) is 30.5 Å². The summed E-state index contributed by atoms with van der Waals surface area (Å²) in [7, 11) is 0. The molecule has 0 unspecified atom stereocenters. The third-order valence-electron chi connectivity index (χ3n) is 5.44. The van der Waals surface area contributed by atoms with E-state index >= 15 is 0 Å². The zero-order valence-corrected chi connectivity index (χ0v) is 14.6. The number of nitrogens with zero attached hydrogens (tertiary/aromatic N) is 3. The molecule has 2 aliphatic rings. The van der Waals surface area contributed by atoms with Gasteiger partial charge < -0.3 is 9.42 Å². The largest absolute Gasteiger partial charge is 0.342 e. The number of likely N-dealkylation sites (tertiary alicyclic amines) is 1. The van der Waals surface area contributed by atoms with Crippen LogP contribution in [0.25, 0.3) is 11.4 Å². The van der Waals surface area contributed by atoms with Crippen molar-refractivity contribution in [2.24, 2.45) is 11.8 Å². The van der Waals surface area contributed by atoms with Crippen LogP contribution in [0.4, 0.5) is 0 Å². The first kappa shape index (κ1) is 15.8. The number of rotatable bonds is 4. The summed E-state index contributed by atoms with van der Waals surface area (Å²) in [4.78, 5) is 19.0. The highest BCUT2D eigenvalue weighted by atomic mass is 32.1. The van der Waals surface area contributed by atoms with Crippen molar-refractivity contribution in [2.75, 3.05) is 13.1 Å². The molecule has 5 nitrogen and oxygen atoms in total. The number of carbonyl (C=O) groups is 1. The first-order valence-electron chi connectivity index (χ1n) is 8.92. The summed E-state index contributed by atoms with van der Waals surface area (Å²) in [5.41, 5.74) is 0.973. The molecular formula is C18H23N3O2S. The fourth-order valence-electron chi connectivity index (χ4n) is 4.06. The Bertz CT molecular complexity index is 682. The first-order chi connectivity index (χ1) is 11.8. The second-order valence-electron chi connectivity index (χ2n) is 6.96. The van der Waals surface area contributed by atoms with Crippen molar-refractivity contribution in [1.82, 2.24) is 15.0 Å². The molecule has 24 heavy (non-hydrogen) atoms. The smallest absolute Gasteiger partial charge is 0.227 e. The van der Waals surface area contributed by atoms with Crippen LogP contribution in [0.2, 0.25) is 0 Å². The number of aryl methyl sites for hydroxylation is 1. The van der Waals surface area contributed by atoms with Crippen molar-refractivity contribution in [2.45, 2.75) is 44.9 Å². The van der Waals surface area contributed by atoms with Gasteiger partial charge in [0.25, 0.3) is 0 Å². The molecule has 2 fully saturated rings. The molecule has 3 heterocycles. The maximum atomic E-state index is 12.5. The minimum atomic E-state index is 0.231. The van der Waals surface area contributed by atoms with Gasteiger partial charge in [0.2, 0.25) is 17.6 Å². The molecule has 1 saturated carbocycles. The molecule has 4 rings (SSSR count). The number of fused-ring (bicyclic) bond motifs is 1. The van der Waals surface area contributed by atoms with Gasteiger partial charge in [0.1, 0.15) is 0 Å². The fourth-order valence-corrected chi connectivity index (χ4v) is 4.70. The van der Waals surface area contributed by atoms with Gasteiger partial charge in [-0.05, 0) is 36.1 Å². The number of aromatic nitrogens is 2. The molecule has 128 valence electrons. The third kappa shape index (κ3) is 3.38. The molecule has 1 aliphatic carbocycles. The molecule has 1 amide bonds. The number of carbonyl (C=O) groups excluding carboxylic acids is 1. The van der Waals surface area contributed by atoms with Crippen LogP contribution in [0.1, 0.15) is 44.4 Å². The van der Waals surface area contributed by atoms with Crippen LogP contribution < -0.4 is 0 Å². The number of amides is 1. The number of piperidine rings is 1. The minimum absolute atomic E-state index is 0.231. The van der Waals surface area contributed by atoms with E-state index in [1.165, 1.54) is 32.1 Å². The zero-order valence-electron chi connectivity index (χ0n) is 13.8. The molecule has 1 aliphatic heterocycles. The van der Waals surface area contributed by atoms with Gasteiger partial charge in [0.15, 0.2) is 0 Å². The average molecular weight is 345 g/mol. The van der Waals surface area contributed by atoms with Crippen LogP contribution >= 0.6 is 11.3 Å². The second-order valence-corrected chi connectivity index (χ2v) is 7.74. The molecule has 0 aromatic carbocycles. The van der Waals surface area contributed by atoms with Crippen LogP contribution in [-0.2, 0) is 11.2 Å². The molecular weight excluding hydrogens is 322 g/mol. The molecule has 2 aromatic heterocycles. The lowest BCUT2D eigenvalue weighted by molar-refractivity contribution is -0.134. The van der Waals surface area contributed by atoms with E-state index in [4.69, 9.17) is 4.52 Å². The monoisotopic (exact) mass is 345 g/mol. The zero-order chi connectivity index (χ0) is 16.4. The van der Waals surface area contributed by atoms with E-state index in [2.05, 4.69) is 15.0 Å². The van der Waals surface area contributed by atoms with E-state index in [1.807, 2.05) is 16.8 Å². The van der Waals surface area contributed by atoms with Crippen molar-refractivity contribution < 1.29 is 9.32 Å². The standard InChI is InChI=1S/C18H23N3O2S/c22-17(21-9-7-13-3-1-2-4-14(13)11-21)6-5-16-19-18(20-23-16)15-8-10-24-12-15/h8,10,12-14H,1-7,9,11H2/t13-,14-/m1/s1. The van der Waals surface area contributed by atoms with Crippen LogP contribution in [0.15, 0.2) is 21.3 Å². The third-order valence-corrected chi connectivity index (χ3v) is 6.13. The number of thiophene rings is 1. The predicted octanol–water partition coefficient (Wildman–Crippen LogP) is 3.77. The van der Waals surface area contributed by atoms with Gasteiger partial charge in [0.05, 0.1) is 0 Å². The highest BCUT2D eigenvalue weighted by Crippen LogP contribution is 2.36. The fraction of sp³-hybridized carbons (Fsp3) is 0.611. The molecule has 1 saturated heterocycles. The second kappa shape index (κ2) is 7.05. The van der Waals surface area contributed by atoms with Crippen molar-refractivity contribution in [3.05, 3.63) is 22.7 Å². The summed E-state index contributed by atoms with van der Waals surface area (Å²) >= 11 is 1.61. The Labute approximate surface area is 146 Å². The number of hydrogen-bond acceptors (Lipinski definition) is 5. The summed E-state index contributed by atoms with van der Waals surface area (Å²) in [6, 6.07) is 1.97. The van der Waals surface area contributed by atoms with Crippen LogP contribution in [0.3, 0.4) is 0 Å². The molecule has 6 heteroatoms. The maximum absolute atomic E-state index is 12.5. The SMILES string of the molecule is O=C(CCc1nc(-c2ccsc2)no1)N1CC[C@H]2CCCC[C@@H]2C1. The topological polar surface area (TPSA) is 59.2 Å². The highest BCUT2D eigenvalue weighted by Gasteiger charge is 2.32. The Balaban J connectivity index is 1.30. The Kier molecular flexibility index (Phi) is 4.65. The van der Waals surface area contributed by atoms with Gasteiger partial charge in [-0.25, -0.2) is 0 Å². The van der Waals surface area contributed by atoms with Crippen LogP contribution in [0.5, 0.6) is 0 Å². The molecule has 0 bridgehead atoms. The molecule has 0 N–H and O–H groups in total. The lowest BCUT2D eigenvalue weighted by Gasteiger charge is -2.41. The van der Waals surface area contributed by atoms with Crippen LogP contribution in [-0.4, -0.2) is 34.0 Å². The molecule has 2 atom stereocenters. The highest BCUT2D eigenvalue weighted by molar-refractivity contribution is 7.08. The van der Waals surface area contributed by atoms with E-state index in [0.29, 0.717) is 24.6 Å². The van der Waals surface area contributed by atoms with Crippen molar-refractivity contribution in [3.63, 3.8) is 0 Å². The van der Waals surface area contributed by atoms with Gasteiger partial charge >= 0.3 is 0 Å².